The van der Waals surface area contributed by atoms with Gasteiger partial charge in [0.15, 0.2) is 0 Å². The Balaban J connectivity index is 0.00000116. The molecule has 0 N–H and O–H groups in total. The Kier molecular flexibility index (Phi) is 6.53. The maximum atomic E-state index is 13.2. The molecule has 0 amide bonds. The standard InChI is InChI=1S/C15H18F2N2O.C2H6/c1-11(20-3)13-10-12(4-5-14(13)18-2)19-8-6-15(16,17)7-9-19;1-2/h4-5,10H,1-2,6-9H2,3H3;1-2H3. The lowest BCUT2D eigenvalue weighted by atomic mass is 10.0. The number of piperidine rings is 1. The number of halogens is 2. The van der Waals surface area contributed by atoms with Gasteiger partial charge in [-0.1, -0.05) is 20.4 Å². The summed E-state index contributed by atoms with van der Waals surface area (Å²) in [4.78, 5) is 5.86. The number of methoxy groups -OCH3 is 1. The molecule has 1 heterocycles. The van der Waals surface area contributed by atoms with Gasteiger partial charge in [-0.15, -0.1) is 0 Å². The van der Waals surface area contributed by atoms with E-state index in [2.05, 4.69) is 18.3 Å². The molecule has 0 saturated carbocycles. The molecule has 0 radical (unpaired) electrons. The highest BCUT2D eigenvalue weighted by molar-refractivity contribution is 5.74. The molecule has 1 saturated heterocycles. The highest BCUT2D eigenvalue weighted by Crippen LogP contribution is 2.34. The van der Waals surface area contributed by atoms with Crippen molar-refractivity contribution in [2.24, 2.45) is 4.99 Å². The summed E-state index contributed by atoms with van der Waals surface area (Å²) in [5, 5.41) is 0. The van der Waals surface area contributed by atoms with Gasteiger partial charge in [-0.05, 0) is 24.9 Å². The topological polar surface area (TPSA) is 24.8 Å². The van der Waals surface area contributed by atoms with Gasteiger partial charge in [0.25, 0.3) is 5.92 Å². The SMILES string of the molecule is C=Nc1ccc(N2CCC(F)(F)CC2)cc1C(=C)OC.CC. The Morgan fingerprint density at radius 2 is 1.86 bits per heavy atom. The van der Waals surface area contributed by atoms with Crippen molar-refractivity contribution in [1.82, 2.24) is 0 Å². The smallest absolute Gasteiger partial charge is 0.251 e. The van der Waals surface area contributed by atoms with Crippen LogP contribution in [0.3, 0.4) is 0 Å². The zero-order valence-electron chi connectivity index (χ0n) is 13.5. The summed E-state index contributed by atoms with van der Waals surface area (Å²) in [7, 11) is 1.53. The summed E-state index contributed by atoms with van der Waals surface area (Å²) in [5.74, 6) is -2.06. The number of rotatable bonds is 4. The summed E-state index contributed by atoms with van der Waals surface area (Å²) in [6, 6.07) is 5.52. The largest absolute Gasteiger partial charge is 0.497 e. The minimum absolute atomic E-state index is 0.116. The molecule has 0 aromatic heterocycles. The third-order valence-corrected chi connectivity index (χ3v) is 3.56. The molecule has 1 aromatic carbocycles. The maximum absolute atomic E-state index is 13.2. The van der Waals surface area contributed by atoms with E-state index < -0.39 is 5.92 Å². The van der Waals surface area contributed by atoms with Crippen LogP contribution in [0.4, 0.5) is 20.2 Å². The van der Waals surface area contributed by atoms with Crippen LogP contribution in [-0.4, -0.2) is 32.8 Å². The van der Waals surface area contributed by atoms with Gasteiger partial charge in [0, 0.05) is 37.2 Å². The van der Waals surface area contributed by atoms with Crippen LogP contribution in [-0.2, 0) is 4.74 Å². The molecule has 1 aliphatic rings. The van der Waals surface area contributed by atoms with E-state index in [1.807, 2.05) is 30.9 Å². The molecule has 3 nitrogen and oxygen atoms in total. The van der Waals surface area contributed by atoms with E-state index in [1.165, 1.54) is 7.11 Å². The first-order chi connectivity index (χ1) is 10.5. The number of aliphatic imine (C=N–C) groups is 1. The normalized spacial score (nSPS) is 16.3. The first-order valence-corrected chi connectivity index (χ1v) is 7.43. The van der Waals surface area contributed by atoms with Crippen LogP contribution in [0.25, 0.3) is 5.76 Å². The molecule has 0 unspecified atom stereocenters. The van der Waals surface area contributed by atoms with Crippen LogP contribution in [0.1, 0.15) is 32.3 Å². The van der Waals surface area contributed by atoms with Crippen LogP contribution < -0.4 is 4.90 Å². The fourth-order valence-corrected chi connectivity index (χ4v) is 2.28. The lowest BCUT2D eigenvalue weighted by Crippen LogP contribution is -2.39. The summed E-state index contributed by atoms with van der Waals surface area (Å²) in [6.45, 7) is 12.0. The van der Waals surface area contributed by atoms with Gasteiger partial charge in [-0.2, -0.15) is 0 Å². The molecule has 5 heteroatoms. The monoisotopic (exact) mass is 310 g/mol. The Hall–Kier alpha value is -1.91. The minimum Gasteiger partial charge on any atom is -0.497 e. The molecular weight excluding hydrogens is 286 g/mol. The maximum Gasteiger partial charge on any atom is 0.251 e. The predicted molar refractivity (Wildman–Crippen MR) is 89.4 cm³/mol. The van der Waals surface area contributed by atoms with E-state index in [-0.39, 0.29) is 12.8 Å². The fourth-order valence-electron chi connectivity index (χ4n) is 2.28. The van der Waals surface area contributed by atoms with E-state index in [0.717, 1.165) is 11.3 Å². The summed E-state index contributed by atoms with van der Waals surface area (Å²) in [6.07, 6.45) is -0.232. The Morgan fingerprint density at radius 1 is 1.27 bits per heavy atom. The van der Waals surface area contributed by atoms with Crippen molar-refractivity contribution in [2.45, 2.75) is 32.6 Å². The summed E-state index contributed by atoms with van der Waals surface area (Å²) >= 11 is 0. The number of anilines is 1. The van der Waals surface area contributed by atoms with Gasteiger partial charge in [-0.3, -0.25) is 4.99 Å². The van der Waals surface area contributed by atoms with E-state index in [9.17, 15) is 8.78 Å². The van der Waals surface area contributed by atoms with E-state index >= 15 is 0 Å². The molecule has 0 aliphatic carbocycles. The summed E-state index contributed by atoms with van der Waals surface area (Å²) < 4.78 is 31.5. The summed E-state index contributed by atoms with van der Waals surface area (Å²) in [5.41, 5.74) is 2.28. The lowest BCUT2D eigenvalue weighted by Gasteiger charge is -2.33. The van der Waals surface area contributed by atoms with E-state index in [1.54, 1.807) is 6.07 Å². The van der Waals surface area contributed by atoms with Crippen LogP contribution >= 0.6 is 0 Å². The van der Waals surface area contributed by atoms with Crippen molar-refractivity contribution in [2.75, 3.05) is 25.1 Å². The number of hydrogen-bond acceptors (Lipinski definition) is 3. The highest BCUT2D eigenvalue weighted by atomic mass is 19.3. The molecule has 1 aromatic rings. The zero-order chi connectivity index (χ0) is 16.8. The molecule has 0 bridgehead atoms. The van der Waals surface area contributed by atoms with Gasteiger partial charge >= 0.3 is 0 Å². The van der Waals surface area contributed by atoms with Crippen LogP contribution in [0.5, 0.6) is 0 Å². The van der Waals surface area contributed by atoms with Crippen molar-refractivity contribution >= 4 is 23.9 Å². The lowest BCUT2D eigenvalue weighted by molar-refractivity contribution is -0.0220. The molecular formula is C17H24F2N2O. The van der Waals surface area contributed by atoms with Crippen LogP contribution in [0.15, 0.2) is 29.8 Å². The van der Waals surface area contributed by atoms with Gasteiger partial charge in [0.1, 0.15) is 5.76 Å². The first-order valence-electron chi connectivity index (χ1n) is 7.43. The number of hydrogen-bond donors (Lipinski definition) is 0. The van der Waals surface area contributed by atoms with Gasteiger partial charge < -0.3 is 9.64 Å². The molecule has 1 fully saturated rings. The van der Waals surface area contributed by atoms with Crippen molar-refractivity contribution in [3.8, 4) is 0 Å². The van der Waals surface area contributed by atoms with E-state index in [4.69, 9.17) is 4.74 Å². The zero-order valence-corrected chi connectivity index (χ0v) is 13.5. The second-order valence-electron chi connectivity index (χ2n) is 4.83. The molecule has 2 rings (SSSR count). The predicted octanol–water partition coefficient (Wildman–Crippen LogP) is 4.90. The molecule has 0 atom stereocenters. The first kappa shape index (κ1) is 18.1. The third-order valence-electron chi connectivity index (χ3n) is 3.56. The number of benzene rings is 1. The number of alkyl halides is 2. The van der Waals surface area contributed by atoms with Gasteiger partial charge in [-0.25, -0.2) is 8.78 Å². The van der Waals surface area contributed by atoms with Gasteiger partial charge in [0.05, 0.1) is 12.8 Å². The number of nitrogens with zero attached hydrogens (tertiary/aromatic N) is 2. The Bertz CT molecular complexity index is 519. The van der Waals surface area contributed by atoms with Crippen molar-refractivity contribution in [1.29, 1.82) is 0 Å². The van der Waals surface area contributed by atoms with Crippen molar-refractivity contribution < 1.29 is 13.5 Å². The average molecular weight is 310 g/mol. The van der Waals surface area contributed by atoms with Crippen LogP contribution in [0, 0.1) is 0 Å². The highest BCUT2D eigenvalue weighted by Gasteiger charge is 2.34. The quantitative estimate of drug-likeness (QED) is 0.584. The molecule has 122 valence electrons. The van der Waals surface area contributed by atoms with Crippen LogP contribution in [0.2, 0.25) is 0 Å². The Morgan fingerprint density at radius 3 is 2.36 bits per heavy atom. The fraction of sp³-hybridized carbons (Fsp3) is 0.471. The van der Waals surface area contributed by atoms with Gasteiger partial charge in [0.2, 0.25) is 0 Å². The second-order valence-corrected chi connectivity index (χ2v) is 4.83. The third kappa shape index (κ3) is 4.29. The van der Waals surface area contributed by atoms with Crippen molar-refractivity contribution in [3.05, 3.63) is 30.3 Å². The Labute approximate surface area is 131 Å². The number of ether oxygens (including phenoxy) is 1. The molecule has 0 spiro atoms. The van der Waals surface area contributed by atoms with Crippen molar-refractivity contribution in [3.63, 3.8) is 0 Å². The van der Waals surface area contributed by atoms with E-state index in [0.29, 0.717) is 24.5 Å². The molecule has 1 aliphatic heterocycles. The second kappa shape index (κ2) is 7.92. The molecule has 22 heavy (non-hydrogen) atoms. The minimum atomic E-state index is -2.54. The average Bonchev–Trinajstić information content (AvgIpc) is 2.55.